The summed E-state index contributed by atoms with van der Waals surface area (Å²) in [5, 5.41) is 10.6. The molecule has 1 aromatic rings. The zero-order chi connectivity index (χ0) is 16.5. The van der Waals surface area contributed by atoms with Crippen LogP contribution >= 0.6 is 0 Å². The molecule has 0 unspecified atom stereocenters. The maximum Gasteiger partial charge on any atom is 0.424 e. The minimum absolute atomic E-state index is 0.226. The van der Waals surface area contributed by atoms with E-state index in [1.165, 1.54) is 6.08 Å². The van der Waals surface area contributed by atoms with Crippen LogP contribution in [0.4, 0.5) is 10.5 Å². The van der Waals surface area contributed by atoms with E-state index in [-0.39, 0.29) is 10.6 Å². The van der Waals surface area contributed by atoms with Gasteiger partial charge in [-0.15, -0.1) is 6.58 Å². The van der Waals surface area contributed by atoms with Gasteiger partial charge in [-0.25, -0.2) is 13.2 Å². The number of ether oxygens (including phenoxy) is 1. The quantitative estimate of drug-likeness (QED) is 0.476. The number of non-ortho nitro benzene ring substituents is 1. The smallest absolute Gasteiger partial charge is 0.424 e. The minimum Gasteiger partial charge on any atom is -0.446 e. The Kier molecular flexibility index (Phi) is 4.18. The molecule has 2 atom stereocenters. The van der Waals surface area contributed by atoms with Crippen molar-refractivity contribution in [2.24, 2.45) is 0 Å². The molecule has 0 bridgehead atoms. The van der Waals surface area contributed by atoms with Crippen LogP contribution in [0.25, 0.3) is 0 Å². The third-order valence-corrected chi connectivity index (χ3v) is 5.04. The van der Waals surface area contributed by atoms with Crippen molar-refractivity contribution in [2.75, 3.05) is 0 Å². The number of sulfonamides is 1. The Morgan fingerprint density at radius 2 is 2.00 bits per heavy atom. The van der Waals surface area contributed by atoms with Gasteiger partial charge in [0.15, 0.2) is 0 Å². The summed E-state index contributed by atoms with van der Waals surface area (Å²) in [5.74, 6) is 0. The molecule has 0 spiro atoms. The summed E-state index contributed by atoms with van der Waals surface area (Å²) >= 11 is 0. The van der Waals surface area contributed by atoms with E-state index in [0.29, 0.717) is 10.7 Å². The SMILES string of the molecule is C=C[C@@H]1C[C@H](C)OC(=O)N1S(=O)(=O)c1ccc([N+](=O)[O-])cc1. The summed E-state index contributed by atoms with van der Waals surface area (Å²) in [6.45, 7) is 5.20. The maximum absolute atomic E-state index is 12.6. The van der Waals surface area contributed by atoms with Crippen LogP contribution in [-0.4, -0.2) is 35.9 Å². The van der Waals surface area contributed by atoms with Gasteiger partial charge in [0, 0.05) is 18.6 Å². The second kappa shape index (κ2) is 5.76. The van der Waals surface area contributed by atoms with Crippen LogP contribution in [0.2, 0.25) is 0 Å². The van der Waals surface area contributed by atoms with Gasteiger partial charge in [-0.3, -0.25) is 10.1 Å². The standard InChI is InChI=1S/C13H14N2O6S/c1-3-10-8-9(2)21-13(16)14(10)22(19,20)12-6-4-11(5-7-12)15(17)18/h3-7,9-10H,1,8H2,2H3/t9-,10+/m0/s1. The van der Waals surface area contributed by atoms with Gasteiger partial charge in [0.1, 0.15) is 6.10 Å². The van der Waals surface area contributed by atoms with Crippen LogP contribution in [-0.2, 0) is 14.8 Å². The zero-order valence-corrected chi connectivity index (χ0v) is 12.5. The molecule has 2 rings (SSSR count). The van der Waals surface area contributed by atoms with Gasteiger partial charge in [-0.2, -0.15) is 4.31 Å². The molecule has 0 saturated carbocycles. The largest absolute Gasteiger partial charge is 0.446 e. The monoisotopic (exact) mass is 326 g/mol. The first-order valence-electron chi connectivity index (χ1n) is 6.39. The van der Waals surface area contributed by atoms with E-state index in [1.807, 2.05) is 0 Å². The highest BCUT2D eigenvalue weighted by Crippen LogP contribution is 2.27. The Morgan fingerprint density at radius 3 is 2.50 bits per heavy atom. The van der Waals surface area contributed by atoms with Crippen LogP contribution in [0.3, 0.4) is 0 Å². The highest BCUT2D eigenvalue weighted by molar-refractivity contribution is 7.89. The van der Waals surface area contributed by atoms with E-state index in [9.17, 15) is 23.3 Å². The fraction of sp³-hybridized carbons (Fsp3) is 0.308. The maximum atomic E-state index is 12.6. The summed E-state index contributed by atoms with van der Waals surface area (Å²) in [7, 11) is -4.17. The number of nitrogens with zero attached hydrogens (tertiary/aromatic N) is 2. The average molecular weight is 326 g/mol. The molecule has 0 N–H and O–H groups in total. The second-order valence-corrected chi connectivity index (χ2v) is 6.60. The Morgan fingerprint density at radius 1 is 1.41 bits per heavy atom. The summed E-state index contributed by atoms with van der Waals surface area (Å²) < 4.78 is 30.7. The third-order valence-electron chi connectivity index (χ3n) is 3.23. The average Bonchev–Trinajstić information content (AvgIpc) is 2.45. The zero-order valence-electron chi connectivity index (χ0n) is 11.7. The van der Waals surface area contributed by atoms with Crippen molar-refractivity contribution in [3.63, 3.8) is 0 Å². The van der Waals surface area contributed by atoms with Gasteiger partial charge in [0.2, 0.25) is 0 Å². The third kappa shape index (κ3) is 2.80. The van der Waals surface area contributed by atoms with Gasteiger partial charge in [0.25, 0.3) is 15.7 Å². The van der Waals surface area contributed by atoms with E-state index in [1.54, 1.807) is 6.92 Å². The van der Waals surface area contributed by atoms with Crippen molar-refractivity contribution in [3.8, 4) is 0 Å². The number of nitro groups is 1. The van der Waals surface area contributed by atoms with Crippen molar-refractivity contribution in [1.29, 1.82) is 0 Å². The highest BCUT2D eigenvalue weighted by Gasteiger charge is 2.40. The summed E-state index contributed by atoms with van der Waals surface area (Å²) in [6, 6.07) is 3.57. The Bertz CT molecular complexity index is 713. The molecule has 1 amide bonds. The Hall–Kier alpha value is -2.42. The molecule has 0 radical (unpaired) electrons. The number of amides is 1. The molecule has 8 nitrogen and oxygen atoms in total. The van der Waals surface area contributed by atoms with Gasteiger partial charge in [-0.05, 0) is 19.1 Å². The lowest BCUT2D eigenvalue weighted by Gasteiger charge is -2.35. The Labute approximate surface area is 127 Å². The molecule has 118 valence electrons. The first-order valence-corrected chi connectivity index (χ1v) is 7.83. The van der Waals surface area contributed by atoms with Gasteiger partial charge >= 0.3 is 6.09 Å². The molecule has 1 aromatic carbocycles. The second-order valence-electron chi connectivity index (χ2n) is 4.79. The number of rotatable bonds is 4. The lowest BCUT2D eigenvalue weighted by atomic mass is 10.1. The lowest BCUT2D eigenvalue weighted by Crippen LogP contribution is -2.50. The lowest BCUT2D eigenvalue weighted by molar-refractivity contribution is -0.384. The fourth-order valence-electron chi connectivity index (χ4n) is 2.17. The first kappa shape index (κ1) is 16.0. The number of carbonyl (C=O) groups excluding carboxylic acids is 1. The molecule has 1 saturated heterocycles. The molecule has 9 heteroatoms. The van der Waals surface area contributed by atoms with Crippen LogP contribution in [0.1, 0.15) is 13.3 Å². The number of benzene rings is 1. The van der Waals surface area contributed by atoms with Crippen LogP contribution < -0.4 is 0 Å². The molecular formula is C13H14N2O6S. The molecular weight excluding hydrogens is 312 g/mol. The molecule has 1 aliphatic rings. The molecule has 1 heterocycles. The van der Waals surface area contributed by atoms with E-state index >= 15 is 0 Å². The van der Waals surface area contributed by atoms with Crippen molar-refractivity contribution < 1.29 is 22.9 Å². The predicted octanol–water partition coefficient (Wildman–Crippen LogP) is 2.07. The molecule has 0 aromatic heterocycles. The molecule has 0 aliphatic carbocycles. The summed E-state index contributed by atoms with van der Waals surface area (Å²) in [5.41, 5.74) is -0.242. The number of carbonyl (C=O) groups is 1. The summed E-state index contributed by atoms with van der Waals surface area (Å²) in [4.78, 5) is 21.7. The highest BCUT2D eigenvalue weighted by atomic mass is 32.2. The van der Waals surface area contributed by atoms with E-state index in [0.717, 1.165) is 24.3 Å². The first-order chi connectivity index (χ1) is 10.3. The predicted molar refractivity (Wildman–Crippen MR) is 76.7 cm³/mol. The van der Waals surface area contributed by atoms with Crippen LogP contribution in [0.15, 0.2) is 41.8 Å². The molecule has 22 heavy (non-hydrogen) atoms. The molecule has 1 aliphatic heterocycles. The van der Waals surface area contributed by atoms with Crippen LogP contribution in [0.5, 0.6) is 0 Å². The van der Waals surface area contributed by atoms with Crippen molar-refractivity contribution in [2.45, 2.75) is 30.4 Å². The van der Waals surface area contributed by atoms with Gasteiger partial charge < -0.3 is 4.74 Å². The van der Waals surface area contributed by atoms with Crippen molar-refractivity contribution >= 4 is 21.8 Å². The van der Waals surface area contributed by atoms with Gasteiger partial charge in [0.05, 0.1) is 15.9 Å². The Balaban J connectivity index is 2.41. The fourth-order valence-corrected chi connectivity index (χ4v) is 3.64. The van der Waals surface area contributed by atoms with E-state index in [4.69, 9.17) is 4.74 Å². The summed E-state index contributed by atoms with van der Waals surface area (Å²) in [6.07, 6.45) is 0.252. The normalized spacial score (nSPS) is 22.0. The number of hydrogen-bond acceptors (Lipinski definition) is 6. The number of cyclic esters (lactones) is 1. The van der Waals surface area contributed by atoms with Gasteiger partial charge in [-0.1, -0.05) is 6.08 Å². The van der Waals surface area contributed by atoms with E-state index in [2.05, 4.69) is 6.58 Å². The van der Waals surface area contributed by atoms with E-state index < -0.39 is 33.2 Å². The number of hydrogen-bond donors (Lipinski definition) is 0. The number of nitro benzene ring substituents is 1. The van der Waals surface area contributed by atoms with Crippen LogP contribution in [0, 0.1) is 10.1 Å². The minimum atomic E-state index is -4.17. The van der Waals surface area contributed by atoms with Crippen molar-refractivity contribution in [3.05, 3.63) is 47.0 Å². The van der Waals surface area contributed by atoms with Crippen molar-refractivity contribution in [1.82, 2.24) is 4.31 Å². The topological polar surface area (TPSA) is 107 Å². The molecule has 1 fully saturated rings.